The quantitative estimate of drug-likeness (QED) is 0.381. The van der Waals surface area contributed by atoms with Crippen molar-refractivity contribution in [1.82, 2.24) is 0 Å². The third-order valence-corrected chi connectivity index (χ3v) is 5.55. The minimum absolute atomic E-state index is 0.0389. The van der Waals surface area contributed by atoms with Crippen LogP contribution in [0.3, 0.4) is 0 Å². The van der Waals surface area contributed by atoms with Crippen LogP contribution in [0.5, 0.6) is 17.2 Å². The first-order valence-electron chi connectivity index (χ1n) is 7.05. The highest BCUT2D eigenvalue weighted by Gasteiger charge is 2.32. The average molecular weight is 476 g/mol. The Morgan fingerprint density at radius 3 is 2.52 bits per heavy atom. The van der Waals surface area contributed by atoms with Crippen molar-refractivity contribution in [3.05, 3.63) is 45.0 Å². The van der Waals surface area contributed by atoms with Crippen LogP contribution in [-0.4, -0.2) is 28.3 Å². The Labute approximate surface area is 158 Å². The molecule has 0 saturated carbocycles. The molecule has 0 fully saturated rings. The molecule has 0 unspecified atom stereocenters. The lowest BCUT2D eigenvalue weighted by atomic mass is 10.2. The molecule has 0 atom stereocenters. The molecule has 9 heteroatoms. The highest BCUT2D eigenvalue weighted by molar-refractivity contribution is 14.1. The van der Waals surface area contributed by atoms with Gasteiger partial charge in [-0.1, -0.05) is 17.7 Å². The van der Waals surface area contributed by atoms with Gasteiger partial charge < -0.3 is 18.4 Å². The van der Waals surface area contributed by atoms with E-state index in [-0.39, 0.29) is 28.8 Å². The first-order valence-corrected chi connectivity index (χ1v) is 9.54. The number of methoxy groups -OCH3 is 1. The summed E-state index contributed by atoms with van der Waals surface area (Å²) in [6.45, 7) is 1.74. The van der Waals surface area contributed by atoms with Gasteiger partial charge in [-0.05, 0) is 47.7 Å². The van der Waals surface area contributed by atoms with Gasteiger partial charge in [-0.2, -0.15) is 8.42 Å². The van der Waals surface area contributed by atoms with Crippen molar-refractivity contribution >= 4 is 38.7 Å². The van der Waals surface area contributed by atoms with E-state index in [4.69, 9.17) is 18.4 Å². The summed E-state index contributed by atoms with van der Waals surface area (Å²) >= 11 is 1.88. The first-order chi connectivity index (χ1) is 11.8. The molecule has 0 saturated heterocycles. The Morgan fingerprint density at radius 1 is 1.20 bits per heavy atom. The molecule has 132 valence electrons. The lowest BCUT2D eigenvalue weighted by Crippen LogP contribution is -2.14. The second kappa shape index (κ2) is 6.71. The number of carbonyl (C=O) groups excluding carboxylic acids is 1. The van der Waals surface area contributed by atoms with Gasteiger partial charge in [-0.3, -0.25) is 0 Å². The smallest absolute Gasteiger partial charge is 0.342 e. The predicted molar refractivity (Wildman–Crippen MR) is 95.6 cm³/mol. The van der Waals surface area contributed by atoms with E-state index in [9.17, 15) is 13.2 Å². The molecule has 2 aromatic rings. The number of fused-ring (bicyclic) bond motifs is 1. The Morgan fingerprint density at radius 2 is 1.88 bits per heavy atom. The van der Waals surface area contributed by atoms with Crippen LogP contribution >= 0.6 is 22.6 Å². The molecular formula is C16H13IO7S. The molecule has 0 amide bonds. The Bertz CT molecular complexity index is 936. The van der Waals surface area contributed by atoms with E-state index in [1.165, 1.54) is 19.2 Å². The van der Waals surface area contributed by atoms with Crippen LogP contribution < -0.4 is 13.7 Å². The number of benzene rings is 2. The maximum Gasteiger partial charge on any atom is 0.342 e. The number of esters is 1. The van der Waals surface area contributed by atoms with Gasteiger partial charge in [0.2, 0.25) is 18.3 Å². The molecule has 25 heavy (non-hydrogen) atoms. The predicted octanol–water partition coefficient (Wildman–Crippen LogP) is 2.88. The topological polar surface area (TPSA) is 88.1 Å². The molecule has 0 N–H and O–H groups in total. The zero-order valence-electron chi connectivity index (χ0n) is 13.2. The number of ether oxygens (including phenoxy) is 3. The normalized spacial score (nSPS) is 12.8. The number of hydrogen-bond donors (Lipinski definition) is 0. The molecule has 3 rings (SSSR count). The first kappa shape index (κ1) is 17.8. The summed E-state index contributed by atoms with van der Waals surface area (Å²) in [7, 11) is -2.98. The molecule has 0 radical (unpaired) electrons. The second-order valence-electron chi connectivity index (χ2n) is 5.14. The van der Waals surface area contributed by atoms with Crippen LogP contribution in [0, 0.1) is 10.5 Å². The van der Waals surface area contributed by atoms with Gasteiger partial charge in [-0.15, -0.1) is 0 Å². The third kappa shape index (κ3) is 3.38. The van der Waals surface area contributed by atoms with Gasteiger partial charge in [0, 0.05) is 3.57 Å². The summed E-state index contributed by atoms with van der Waals surface area (Å²) in [6.07, 6.45) is 0. The summed E-state index contributed by atoms with van der Waals surface area (Å²) in [5.74, 6) is -0.633. The van der Waals surface area contributed by atoms with Gasteiger partial charge in [0.1, 0.15) is 10.5 Å². The summed E-state index contributed by atoms with van der Waals surface area (Å²) in [6, 6.07) is 7.70. The van der Waals surface area contributed by atoms with Crippen molar-refractivity contribution in [1.29, 1.82) is 0 Å². The Hall–Kier alpha value is -2.01. The molecule has 0 bridgehead atoms. The number of carbonyl (C=O) groups is 1. The summed E-state index contributed by atoms with van der Waals surface area (Å²) in [5, 5.41) is 0. The van der Waals surface area contributed by atoms with E-state index >= 15 is 0 Å². The lowest BCUT2D eigenvalue weighted by Gasteiger charge is -2.14. The monoisotopic (exact) mass is 476 g/mol. The SMILES string of the molecule is COC(=O)c1c(I)cc2c(c1OS(=O)(=O)c1ccc(C)cc1)OCO2. The van der Waals surface area contributed by atoms with Crippen molar-refractivity contribution < 1.29 is 31.6 Å². The number of halogens is 1. The van der Waals surface area contributed by atoms with Crippen LogP contribution in [0.15, 0.2) is 35.2 Å². The summed E-state index contributed by atoms with van der Waals surface area (Å²) in [5.41, 5.74) is 0.865. The minimum Gasteiger partial charge on any atom is -0.465 e. The van der Waals surface area contributed by atoms with E-state index in [0.717, 1.165) is 5.56 Å². The van der Waals surface area contributed by atoms with Crippen LogP contribution in [-0.2, 0) is 14.9 Å². The summed E-state index contributed by atoms with van der Waals surface area (Å²) in [4.78, 5) is 12.1. The Kier molecular flexibility index (Phi) is 4.78. The zero-order valence-corrected chi connectivity index (χ0v) is 16.2. The fourth-order valence-corrected chi connectivity index (χ4v) is 3.91. The lowest BCUT2D eigenvalue weighted by molar-refractivity contribution is 0.0597. The van der Waals surface area contributed by atoms with Gasteiger partial charge in [0.05, 0.1) is 7.11 Å². The molecule has 1 aliphatic heterocycles. The number of rotatable bonds is 4. The fourth-order valence-electron chi connectivity index (χ4n) is 2.22. The zero-order chi connectivity index (χ0) is 18.2. The molecule has 2 aromatic carbocycles. The van der Waals surface area contributed by atoms with E-state index < -0.39 is 16.1 Å². The molecular weight excluding hydrogens is 463 g/mol. The van der Waals surface area contributed by atoms with Crippen LogP contribution in [0.4, 0.5) is 0 Å². The van der Waals surface area contributed by atoms with Crippen molar-refractivity contribution in [2.45, 2.75) is 11.8 Å². The number of aryl methyl sites for hydroxylation is 1. The maximum atomic E-state index is 12.6. The third-order valence-electron chi connectivity index (χ3n) is 3.46. The van der Waals surface area contributed by atoms with Crippen molar-refractivity contribution in [3.63, 3.8) is 0 Å². The van der Waals surface area contributed by atoms with E-state index in [0.29, 0.717) is 9.32 Å². The highest BCUT2D eigenvalue weighted by Crippen LogP contribution is 2.46. The van der Waals surface area contributed by atoms with Crippen molar-refractivity contribution in [2.24, 2.45) is 0 Å². The van der Waals surface area contributed by atoms with E-state index in [1.807, 2.05) is 29.5 Å². The molecule has 1 heterocycles. The number of hydrogen-bond acceptors (Lipinski definition) is 7. The standard InChI is InChI=1S/C16H13IO7S/c1-9-3-5-10(6-4-9)25(19,20)24-15-13(16(18)21-2)11(17)7-12-14(15)23-8-22-12/h3-7H,8H2,1-2H3. The molecule has 7 nitrogen and oxygen atoms in total. The molecule has 0 aromatic heterocycles. The molecule has 0 aliphatic carbocycles. The molecule has 1 aliphatic rings. The fraction of sp³-hybridized carbons (Fsp3) is 0.188. The van der Waals surface area contributed by atoms with Crippen molar-refractivity contribution in [3.8, 4) is 17.2 Å². The van der Waals surface area contributed by atoms with Crippen LogP contribution in [0.1, 0.15) is 15.9 Å². The Balaban J connectivity index is 2.13. The van der Waals surface area contributed by atoms with Crippen LogP contribution in [0.2, 0.25) is 0 Å². The van der Waals surface area contributed by atoms with Crippen LogP contribution in [0.25, 0.3) is 0 Å². The second-order valence-corrected chi connectivity index (χ2v) is 7.85. The average Bonchev–Trinajstić information content (AvgIpc) is 3.02. The largest absolute Gasteiger partial charge is 0.465 e. The highest BCUT2D eigenvalue weighted by atomic mass is 127. The van der Waals surface area contributed by atoms with E-state index in [2.05, 4.69) is 0 Å². The van der Waals surface area contributed by atoms with Gasteiger partial charge in [-0.25, -0.2) is 4.79 Å². The summed E-state index contributed by atoms with van der Waals surface area (Å²) < 4.78 is 46.2. The van der Waals surface area contributed by atoms with Gasteiger partial charge >= 0.3 is 16.1 Å². The van der Waals surface area contributed by atoms with Gasteiger partial charge in [0.25, 0.3) is 0 Å². The maximum absolute atomic E-state index is 12.6. The minimum atomic E-state index is -4.18. The molecule has 0 spiro atoms. The van der Waals surface area contributed by atoms with Gasteiger partial charge in [0.15, 0.2) is 5.75 Å². The van der Waals surface area contributed by atoms with E-state index in [1.54, 1.807) is 18.2 Å². The van der Waals surface area contributed by atoms with Crippen molar-refractivity contribution in [2.75, 3.05) is 13.9 Å².